The van der Waals surface area contributed by atoms with Crippen LogP contribution in [0.25, 0.3) is 0 Å². The van der Waals surface area contributed by atoms with Gasteiger partial charge in [-0.2, -0.15) is 10.2 Å². The Morgan fingerprint density at radius 3 is 2.33 bits per heavy atom. The van der Waals surface area contributed by atoms with Crippen LogP contribution in [0, 0.1) is 6.92 Å². The van der Waals surface area contributed by atoms with Gasteiger partial charge in [0, 0.05) is 24.5 Å². The van der Waals surface area contributed by atoms with Crippen LogP contribution in [0.15, 0.2) is 52.7 Å². The molecule has 3 rings (SSSR count). The third kappa shape index (κ3) is 3.21. The normalized spacial score (nSPS) is 15.0. The first kappa shape index (κ1) is 13.6. The van der Waals surface area contributed by atoms with Gasteiger partial charge in [0.2, 0.25) is 0 Å². The highest BCUT2D eigenvalue weighted by molar-refractivity contribution is 5.55. The van der Waals surface area contributed by atoms with Crippen LogP contribution in [0.1, 0.15) is 18.4 Å². The van der Waals surface area contributed by atoms with Crippen molar-refractivity contribution >= 4 is 22.7 Å². The average molecular weight is 280 g/mol. The molecule has 4 nitrogen and oxygen atoms in total. The molecule has 0 amide bonds. The number of aryl methyl sites for hydroxylation is 1. The molecule has 0 aromatic heterocycles. The number of hydrogen-bond acceptors (Lipinski definition) is 4. The molecule has 0 aliphatic carbocycles. The first-order valence-electron chi connectivity index (χ1n) is 7.35. The number of hydrogen-bond donors (Lipinski definition) is 1. The Kier molecular flexibility index (Phi) is 3.86. The molecule has 0 bridgehead atoms. The summed E-state index contributed by atoms with van der Waals surface area (Å²) in [7, 11) is 0. The topological polar surface area (TPSA) is 54.0 Å². The van der Waals surface area contributed by atoms with Crippen molar-refractivity contribution in [2.45, 2.75) is 19.8 Å². The van der Waals surface area contributed by atoms with Crippen molar-refractivity contribution in [1.29, 1.82) is 0 Å². The molecular weight excluding hydrogens is 260 g/mol. The lowest BCUT2D eigenvalue weighted by molar-refractivity contribution is 0.949. The summed E-state index contributed by atoms with van der Waals surface area (Å²) < 4.78 is 0. The zero-order chi connectivity index (χ0) is 14.7. The van der Waals surface area contributed by atoms with Crippen LogP contribution in [0.4, 0.5) is 22.7 Å². The molecule has 1 heterocycles. The number of nitrogens with two attached hydrogens (primary N) is 1. The molecule has 0 saturated carbocycles. The quantitative estimate of drug-likeness (QED) is 0.660. The Hall–Kier alpha value is -2.36. The fraction of sp³-hybridized carbons (Fsp3) is 0.294. The number of nitrogen functional groups attached to an aromatic ring is 1. The van der Waals surface area contributed by atoms with Gasteiger partial charge >= 0.3 is 0 Å². The number of anilines is 2. The smallest absolute Gasteiger partial charge is 0.0887 e. The van der Waals surface area contributed by atoms with Gasteiger partial charge in [-0.15, -0.1) is 0 Å². The summed E-state index contributed by atoms with van der Waals surface area (Å²) in [6, 6.07) is 13.9. The second-order valence-corrected chi connectivity index (χ2v) is 5.46. The maximum Gasteiger partial charge on any atom is 0.0887 e. The molecule has 1 aliphatic rings. The molecule has 1 aliphatic heterocycles. The van der Waals surface area contributed by atoms with E-state index in [1.807, 2.05) is 37.3 Å². The number of nitrogens with zero attached hydrogens (tertiary/aromatic N) is 3. The van der Waals surface area contributed by atoms with Crippen molar-refractivity contribution in [1.82, 2.24) is 0 Å². The minimum atomic E-state index is 0.751. The molecule has 0 radical (unpaired) electrons. The zero-order valence-corrected chi connectivity index (χ0v) is 12.3. The maximum absolute atomic E-state index is 5.73. The monoisotopic (exact) mass is 280 g/mol. The lowest BCUT2D eigenvalue weighted by Gasteiger charge is -2.17. The number of benzene rings is 2. The van der Waals surface area contributed by atoms with E-state index in [4.69, 9.17) is 5.73 Å². The van der Waals surface area contributed by atoms with Crippen molar-refractivity contribution in [3.05, 3.63) is 48.0 Å². The third-order valence-corrected chi connectivity index (χ3v) is 3.81. The summed E-state index contributed by atoms with van der Waals surface area (Å²) in [5.74, 6) is 0. The summed E-state index contributed by atoms with van der Waals surface area (Å²) in [4.78, 5) is 2.41. The Morgan fingerprint density at radius 2 is 1.67 bits per heavy atom. The second kappa shape index (κ2) is 5.95. The Morgan fingerprint density at radius 1 is 0.952 bits per heavy atom. The summed E-state index contributed by atoms with van der Waals surface area (Å²) >= 11 is 0. The predicted molar refractivity (Wildman–Crippen MR) is 87.7 cm³/mol. The highest BCUT2D eigenvalue weighted by atomic mass is 15.1. The molecule has 0 spiro atoms. The van der Waals surface area contributed by atoms with Crippen LogP contribution in [-0.4, -0.2) is 13.1 Å². The van der Waals surface area contributed by atoms with Crippen LogP contribution in [0.5, 0.6) is 0 Å². The molecule has 0 unspecified atom stereocenters. The van der Waals surface area contributed by atoms with Crippen LogP contribution in [0.2, 0.25) is 0 Å². The van der Waals surface area contributed by atoms with Crippen molar-refractivity contribution in [2.24, 2.45) is 10.2 Å². The van der Waals surface area contributed by atoms with E-state index in [2.05, 4.69) is 27.3 Å². The van der Waals surface area contributed by atoms with Gasteiger partial charge in [0.05, 0.1) is 11.4 Å². The lowest BCUT2D eigenvalue weighted by Crippen LogP contribution is -2.17. The zero-order valence-electron chi connectivity index (χ0n) is 12.3. The van der Waals surface area contributed by atoms with Gasteiger partial charge in [0.1, 0.15) is 0 Å². The fourth-order valence-electron chi connectivity index (χ4n) is 2.61. The van der Waals surface area contributed by atoms with Gasteiger partial charge in [-0.05, 0) is 67.8 Å². The highest BCUT2D eigenvalue weighted by Gasteiger charge is 2.11. The summed E-state index contributed by atoms with van der Waals surface area (Å²) in [6.45, 7) is 4.30. The molecular formula is C17H20N4. The Labute approximate surface area is 125 Å². The molecule has 0 atom stereocenters. The van der Waals surface area contributed by atoms with Crippen molar-refractivity contribution in [3.63, 3.8) is 0 Å². The maximum atomic E-state index is 5.73. The van der Waals surface area contributed by atoms with Gasteiger partial charge in [-0.25, -0.2) is 0 Å². The standard InChI is InChI=1S/C17H20N4/c1-13-12-14(18)4-9-17(13)20-19-15-5-7-16(8-6-15)21-10-2-3-11-21/h4-9,12H,2-3,10-11,18H2,1H3/b20-19+. The van der Waals surface area contributed by atoms with Gasteiger partial charge in [-0.1, -0.05) is 0 Å². The Balaban J connectivity index is 1.73. The van der Waals surface area contributed by atoms with Crippen molar-refractivity contribution in [3.8, 4) is 0 Å². The first-order chi connectivity index (χ1) is 10.2. The third-order valence-electron chi connectivity index (χ3n) is 3.81. The molecule has 21 heavy (non-hydrogen) atoms. The van der Waals surface area contributed by atoms with Crippen LogP contribution >= 0.6 is 0 Å². The van der Waals surface area contributed by atoms with E-state index in [9.17, 15) is 0 Å². The summed E-state index contributed by atoms with van der Waals surface area (Å²) in [5, 5.41) is 8.60. The lowest BCUT2D eigenvalue weighted by atomic mass is 10.2. The van der Waals surface area contributed by atoms with Crippen LogP contribution in [0.3, 0.4) is 0 Å². The van der Waals surface area contributed by atoms with Gasteiger partial charge in [0.25, 0.3) is 0 Å². The van der Waals surface area contributed by atoms with Crippen molar-refractivity contribution < 1.29 is 0 Å². The predicted octanol–water partition coefficient (Wildman–Crippen LogP) is 4.59. The SMILES string of the molecule is Cc1cc(N)ccc1/N=N/c1ccc(N2CCCC2)cc1. The van der Waals surface area contributed by atoms with E-state index >= 15 is 0 Å². The van der Waals surface area contributed by atoms with E-state index in [1.54, 1.807) is 0 Å². The van der Waals surface area contributed by atoms with E-state index < -0.39 is 0 Å². The number of rotatable bonds is 3. The van der Waals surface area contributed by atoms with Crippen LogP contribution in [-0.2, 0) is 0 Å². The molecule has 1 fully saturated rings. The van der Waals surface area contributed by atoms with E-state index in [1.165, 1.54) is 18.5 Å². The molecule has 2 aromatic rings. The van der Waals surface area contributed by atoms with E-state index in [-0.39, 0.29) is 0 Å². The first-order valence-corrected chi connectivity index (χ1v) is 7.35. The Bertz CT molecular complexity index is 640. The molecule has 4 heteroatoms. The molecule has 2 aromatic carbocycles. The molecule has 1 saturated heterocycles. The minimum absolute atomic E-state index is 0.751. The van der Waals surface area contributed by atoms with Crippen LogP contribution < -0.4 is 10.6 Å². The summed E-state index contributed by atoms with van der Waals surface area (Å²) in [6.07, 6.45) is 2.58. The molecule has 108 valence electrons. The van der Waals surface area contributed by atoms with Gasteiger partial charge < -0.3 is 10.6 Å². The molecule has 2 N–H and O–H groups in total. The minimum Gasteiger partial charge on any atom is -0.399 e. The largest absolute Gasteiger partial charge is 0.399 e. The van der Waals surface area contributed by atoms with E-state index in [0.29, 0.717) is 0 Å². The fourth-order valence-corrected chi connectivity index (χ4v) is 2.61. The highest BCUT2D eigenvalue weighted by Crippen LogP contribution is 2.26. The average Bonchev–Trinajstić information content (AvgIpc) is 3.01. The summed E-state index contributed by atoms with van der Waals surface area (Å²) in [5.41, 5.74) is 10.5. The second-order valence-electron chi connectivity index (χ2n) is 5.46. The number of azo groups is 1. The van der Waals surface area contributed by atoms with E-state index in [0.717, 1.165) is 35.7 Å². The van der Waals surface area contributed by atoms with Crippen molar-refractivity contribution in [2.75, 3.05) is 23.7 Å². The van der Waals surface area contributed by atoms with Gasteiger partial charge in [-0.3, -0.25) is 0 Å². The van der Waals surface area contributed by atoms with Gasteiger partial charge in [0.15, 0.2) is 0 Å².